The van der Waals surface area contributed by atoms with E-state index >= 15 is 0 Å². The van der Waals surface area contributed by atoms with Gasteiger partial charge in [-0.2, -0.15) is 0 Å². The van der Waals surface area contributed by atoms with E-state index in [1.165, 1.54) is 12.3 Å². The van der Waals surface area contributed by atoms with Crippen molar-refractivity contribution in [3.63, 3.8) is 0 Å². The Morgan fingerprint density at radius 1 is 1.64 bits per heavy atom. The first-order valence-electron chi connectivity index (χ1n) is 3.80. The number of carboxylic acid groups (broad SMARTS) is 1. The summed E-state index contributed by atoms with van der Waals surface area (Å²) in [6, 6.07) is 1.41. The molecule has 0 spiro atoms. The average Bonchev–Trinajstić information content (AvgIpc) is 2.11. The van der Waals surface area contributed by atoms with Gasteiger partial charge in [-0.15, -0.1) is 0 Å². The molecule has 14 heavy (non-hydrogen) atoms. The van der Waals surface area contributed by atoms with Gasteiger partial charge in [0.1, 0.15) is 5.15 Å². The van der Waals surface area contributed by atoms with Crippen molar-refractivity contribution in [3.8, 4) is 0 Å². The molecule has 1 aromatic heterocycles. The van der Waals surface area contributed by atoms with Crippen molar-refractivity contribution in [2.75, 3.05) is 6.54 Å². The van der Waals surface area contributed by atoms with Gasteiger partial charge >= 0.3 is 5.97 Å². The Hall–Kier alpha value is -0.840. The van der Waals surface area contributed by atoms with Crippen LogP contribution in [0.2, 0.25) is 10.2 Å². The second-order valence-electron chi connectivity index (χ2n) is 2.66. The van der Waals surface area contributed by atoms with Gasteiger partial charge in [-0.05, 0) is 11.6 Å². The molecule has 0 aromatic carbocycles. The Morgan fingerprint density at radius 2 is 2.29 bits per heavy atom. The fourth-order valence-electron chi connectivity index (χ4n) is 1.06. The van der Waals surface area contributed by atoms with Gasteiger partial charge in [-0.25, -0.2) is 4.98 Å². The van der Waals surface area contributed by atoms with Crippen LogP contribution >= 0.6 is 23.2 Å². The number of carbonyl (C=O) groups is 1. The normalized spacial score (nSPS) is 12.5. The van der Waals surface area contributed by atoms with Crippen LogP contribution in [0.25, 0.3) is 0 Å². The van der Waals surface area contributed by atoms with E-state index in [9.17, 15) is 4.79 Å². The zero-order chi connectivity index (χ0) is 10.7. The first-order chi connectivity index (χ1) is 6.56. The van der Waals surface area contributed by atoms with Crippen molar-refractivity contribution in [1.82, 2.24) is 4.98 Å². The molecule has 1 unspecified atom stereocenters. The maximum Gasteiger partial charge on any atom is 0.312 e. The van der Waals surface area contributed by atoms with E-state index in [0.29, 0.717) is 5.56 Å². The van der Waals surface area contributed by atoms with Gasteiger partial charge in [0, 0.05) is 12.7 Å². The average molecular weight is 235 g/mol. The van der Waals surface area contributed by atoms with Gasteiger partial charge in [0.05, 0.1) is 10.9 Å². The molecule has 3 N–H and O–H groups in total. The topological polar surface area (TPSA) is 76.2 Å². The predicted molar refractivity (Wildman–Crippen MR) is 53.7 cm³/mol. The van der Waals surface area contributed by atoms with Gasteiger partial charge in [-0.1, -0.05) is 23.2 Å². The number of aliphatic carboxylic acids is 1. The number of rotatable bonds is 3. The Bertz CT molecular complexity index is 357. The fraction of sp³-hybridized carbons (Fsp3) is 0.250. The summed E-state index contributed by atoms with van der Waals surface area (Å²) in [6.45, 7) is -0.0323. The van der Waals surface area contributed by atoms with Crippen molar-refractivity contribution in [3.05, 3.63) is 28.0 Å². The number of pyridine rings is 1. The number of halogens is 2. The third-order valence-electron chi connectivity index (χ3n) is 1.76. The van der Waals surface area contributed by atoms with Crippen molar-refractivity contribution >= 4 is 29.2 Å². The van der Waals surface area contributed by atoms with Crippen LogP contribution in [0.4, 0.5) is 0 Å². The van der Waals surface area contributed by atoms with Crippen LogP contribution in [0.5, 0.6) is 0 Å². The van der Waals surface area contributed by atoms with E-state index in [4.69, 9.17) is 34.0 Å². The number of nitrogens with zero attached hydrogens (tertiary/aromatic N) is 1. The molecule has 0 aliphatic heterocycles. The van der Waals surface area contributed by atoms with Crippen LogP contribution in [0, 0.1) is 0 Å². The van der Waals surface area contributed by atoms with Gasteiger partial charge in [-0.3, -0.25) is 4.79 Å². The van der Waals surface area contributed by atoms with Crippen molar-refractivity contribution in [2.24, 2.45) is 5.73 Å². The smallest absolute Gasteiger partial charge is 0.312 e. The minimum atomic E-state index is -1.03. The molecular formula is C8H8Cl2N2O2. The Labute approximate surface area is 90.6 Å². The lowest BCUT2D eigenvalue weighted by Gasteiger charge is -2.11. The molecule has 1 atom stereocenters. The summed E-state index contributed by atoms with van der Waals surface area (Å²) in [5.41, 5.74) is 5.71. The number of nitrogens with two attached hydrogens (primary N) is 1. The molecule has 1 heterocycles. The molecule has 1 aromatic rings. The van der Waals surface area contributed by atoms with E-state index in [2.05, 4.69) is 4.98 Å². The molecule has 0 saturated carbocycles. The van der Waals surface area contributed by atoms with Crippen molar-refractivity contribution in [2.45, 2.75) is 5.92 Å². The Balaban J connectivity index is 3.15. The Morgan fingerprint density at radius 3 is 2.79 bits per heavy atom. The SMILES string of the molecule is NCC(C(=O)O)c1cc(Cl)ncc1Cl. The molecule has 0 radical (unpaired) electrons. The summed E-state index contributed by atoms with van der Waals surface area (Å²) < 4.78 is 0. The Kier molecular flexibility index (Phi) is 3.69. The summed E-state index contributed by atoms with van der Waals surface area (Å²) in [5.74, 6) is -1.88. The van der Waals surface area contributed by atoms with E-state index < -0.39 is 11.9 Å². The quantitative estimate of drug-likeness (QED) is 0.778. The summed E-state index contributed by atoms with van der Waals surface area (Å²) in [6.07, 6.45) is 1.31. The van der Waals surface area contributed by atoms with Crippen LogP contribution in [0.1, 0.15) is 11.5 Å². The van der Waals surface area contributed by atoms with Gasteiger partial charge in [0.2, 0.25) is 0 Å². The molecule has 76 valence electrons. The first-order valence-corrected chi connectivity index (χ1v) is 4.55. The number of carboxylic acids is 1. The lowest BCUT2D eigenvalue weighted by Crippen LogP contribution is -2.21. The van der Waals surface area contributed by atoms with Crippen LogP contribution in [-0.2, 0) is 4.79 Å². The minimum absolute atomic E-state index is 0.0323. The van der Waals surface area contributed by atoms with E-state index in [0.717, 1.165) is 0 Å². The van der Waals surface area contributed by atoms with E-state index in [1.807, 2.05) is 0 Å². The first kappa shape index (κ1) is 11.2. The molecule has 6 heteroatoms. The highest BCUT2D eigenvalue weighted by Crippen LogP contribution is 2.25. The van der Waals surface area contributed by atoms with Crippen LogP contribution in [-0.4, -0.2) is 22.6 Å². The zero-order valence-corrected chi connectivity index (χ0v) is 8.59. The summed E-state index contributed by atoms with van der Waals surface area (Å²) >= 11 is 11.4. The monoisotopic (exact) mass is 234 g/mol. The van der Waals surface area contributed by atoms with Crippen LogP contribution in [0.15, 0.2) is 12.3 Å². The van der Waals surface area contributed by atoms with Gasteiger partial charge < -0.3 is 10.8 Å². The molecule has 1 rings (SSSR count). The molecule has 0 bridgehead atoms. The number of aromatic nitrogens is 1. The van der Waals surface area contributed by atoms with Crippen molar-refractivity contribution in [1.29, 1.82) is 0 Å². The van der Waals surface area contributed by atoms with Gasteiger partial charge in [0.25, 0.3) is 0 Å². The molecule has 0 aliphatic carbocycles. The lowest BCUT2D eigenvalue weighted by atomic mass is 10.0. The number of hydrogen-bond acceptors (Lipinski definition) is 3. The third-order valence-corrected chi connectivity index (χ3v) is 2.28. The fourth-order valence-corrected chi connectivity index (χ4v) is 1.46. The molecular weight excluding hydrogens is 227 g/mol. The lowest BCUT2D eigenvalue weighted by molar-refractivity contribution is -0.138. The largest absolute Gasteiger partial charge is 0.481 e. The highest BCUT2D eigenvalue weighted by molar-refractivity contribution is 6.33. The molecule has 0 fully saturated rings. The summed E-state index contributed by atoms with van der Waals surface area (Å²) in [4.78, 5) is 14.5. The number of hydrogen-bond donors (Lipinski definition) is 2. The predicted octanol–water partition coefficient (Wildman–Crippen LogP) is 1.52. The van der Waals surface area contributed by atoms with Crippen molar-refractivity contribution < 1.29 is 9.90 Å². The summed E-state index contributed by atoms with van der Waals surface area (Å²) in [7, 11) is 0. The maximum absolute atomic E-state index is 10.8. The molecule has 0 aliphatic rings. The van der Waals surface area contributed by atoms with Crippen LogP contribution < -0.4 is 5.73 Å². The standard InChI is InChI=1S/C8H8Cl2N2O2/c9-6-3-12-7(10)1-4(6)5(2-11)8(13)14/h1,3,5H,2,11H2,(H,13,14). The minimum Gasteiger partial charge on any atom is -0.481 e. The molecule has 0 saturated heterocycles. The summed E-state index contributed by atoms with van der Waals surface area (Å²) in [5, 5.41) is 9.29. The maximum atomic E-state index is 10.8. The molecule has 4 nitrogen and oxygen atoms in total. The highest BCUT2D eigenvalue weighted by Gasteiger charge is 2.21. The zero-order valence-electron chi connectivity index (χ0n) is 7.08. The molecule has 0 amide bonds. The van der Waals surface area contributed by atoms with Crippen LogP contribution in [0.3, 0.4) is 0 Å². The second-order valence-corrected chi connectivity index (χ2v) is 3.45. The highest BCUT2D eigenvalue weighted by atomic mass is 35.5. The van der Waals surface area contributed by atoms with E-state index in [-0.39, 0.29) is 16.7 Å². The van der Waals surface area contributed by atoms with Gasteiger partial charge in [0.15, 0.2) is 0 Å². The van der Waals surface area contributed by atoms with E-state index in [1.54, 1.807) is 0 Å². The third kappa shape index (κ3) is 2.35. The second kappa shape index (κ2) is 4.59.